The van der Waals surface area contributed by atoms with E-state index in [9.17, 15) is 14.4 Å². The first-order chi connectivity index (χ1) is 16.0. The molecule has 0 N–H and O–H groups in total. The summed E-state index contributed by atoms with van der Waals surface area (Å²) in [4.78, 5) is 41.9. The zero-order valence-electron chi connectivity index (χ0n) is 17.8. The number of anilines is 1. The third kappa shape index (κ3) is 3.13. The highest BCUT2D eigenvalue weighted by Crippen LogP contribution is 2.47. The van der Waals surface area contributed by atoms with Crippen molar-refractivity contribution in [3.05, 3.63) is 65.2 Å². The molecule has 0 unspecified atom stereocenters. The van der Waals surface area contributed by atoms with Crippen LogP contribution in [0.1, 0.15) is 10.4 Å². The van der Waals surface area contributed by atoms with Gasteiger partial charge in [0.25, 0.3) is 0 Å². The van der Waals surface area contributed by atoms with Crippen molar-refractivity contribution >= 4 is 41.1 Å². The fourth-order valence-electron chi connectivity index (χ4n) is 4.87. The highest BCUT2D eigenvalue weighted by Gasteiger charge is 2.64. The molecule has 4 atom stereocenters. The quantitative estimate of drug-likeness (QED) is 0.498. The lowest BCUT2D eigenvalue weighted by Crippen LogP contribution is -2.46. The summed E-state index contributed by atoms with van der Waals surface area (Å²) in [5.41, 5.74) is 0.647. The van der Waals surface area contributed by atoms with Crippen LogP contribution in [0, 0.1) is 11.8 Å². The molecule has 5 rings (SSSR count). The van der Waals surface area contributed by atoms with Gasteiger partial charge in [0, 0.05) is 11.8 Å². The zero-order valence-corrected chi connectivity index (χ0v) is 18.6. The van der Waals surface area contributed by atoms with E-state index in [2.05, 4.69) is 5.10 Å². The van der Waals surface area contributed by atoms with E-state index >= 15 is 0 Å². The molecule has 3 aliphatic rings. The molecular weight excluding hydrogens is 446 g/mol. The molecule has 0 saturated carbocycles. The lowest BCUT2D eigenvalue weighted by molar-refractivity contribution is -0.123. The van der Waals surface area contributed by atoms with Gasteiger partial charge in [0.1, 0.15) is 6.04 Å². The maximum atomic E-state index is 13.7. The van der Waals surface area contributed by atoms with Crippen molar-refractivity contribution in [2.75, 3.05) is 19.1 Å². The van der Waals surface area contributed by atoms with Gasteiger partial charge in [-0.1, -0.05) is 29.8 Å². The van der Waals surface area contributed by atoms with Crippen molar-refractivity contribution in [2.45, 2.75) is 12.1 Å². The number of rotatable bonds is 5. The van der Waals surface area contributed by atoms with Gasteiger partial charge in [-0.3, -0.25) is 19.4 Å². The molecule has 0 radical (unpaired) electrons. The zero-order chi connectivity index (χ0) is 23.3. The fraction of sp³-hybridized carbons (Fsp3) is 0.250. The molecule has 0 bridgehead atoms. The number of nitrogens with zero attached hydrogens (tertiary/aromatic N) is 3. The molecule has 3 aliphatic heterocycles. The molecule has 0 aromatic heterocycles. The number of para-hydroxylation sites is 1. The standard InChI is InChI=1S/C24H20ClN3O5/c1-32-17-10-9-13(12-18(17)33-2)22(29)21-20-19(16-8-5-11-26-28(16)21)23(30)27(24(20)31)15-7-4-3-6-14(15)25/h3-12,16,19-21H,1-2H3/t16-,19-,20+,21-/m1/s1. The normalized spacial score (nSPS) is 25.3. The number of hydrazone groups is 1. The van der Waals surface area contributed by atoms with E-state index in [0.29, 0.717) is 22.7 Å². The van der Waals surface area contributed by atoms with Crippen LogP contribution < -0.4 is 14.4 Å². The van der Waals surface area contributed by atoms with Crippen molar-refractivity contribution in [1.82, 2.24) is 5.01 Å². The summed E-state index contributed by atoms with van der Waals surface area (Å²) >= 11 is 6.30. The summed E-state index contributed by atoms with van der Waals surface area (Å²) in [5.74, 6) is -1.97. The van der Waals surface area contributed by atoms with Gasteiger partial charge in [0.2, 0.25) is 11.8 Å². The summed E-state index contributed by atoms with van der Waals surface area (Å²) in [6, 6.07) is 10.0. The maximum absolute atomic E-state index is 13.7. The van der Waals surface area contributed by atoms with E-state index in [1.165, 1.54) is 14.2 Å². The number of halogens is 1. The number of carbonyl (C=O) groups excluding carboxylic acids is 3. The molecule has 2 aromatic carbocycles. The van der Waals surface area contributed by atoms with E-state index < -0.39 is 35.7 Å². The number of allylic oxidation sites excluding steroid dienone is 1. The number of amides is 2. The van der Waals surface area contributed by atoms with Crippen LogP contribution >= 0.6 is 11.6 Å². The van der Waals surface area contributed by atoms with E-state index in [1.54, 1.807) is 65.8 Å². The van der Waals surface area contributed by atoms with Crippen LogP contribution in [0.15, 0.2) is 59.7 Å². The van der Waals surface area contributed by atoms with Gasteiger partial charge in [-0.05, 0) is 36.4 Å². The predicted molar refractivity (Wildman–Crippen MR) is 122 cm³/mol. The van der Waals surface area contributed by atoms with Crippen molar-refractivity contribution < 1.29 is 23.9 Å². The summed E-state index contributed by atoms with van der Waals surface area (Å²) in [5, 5.41) is 6.21. The first kappa shape index (κ1) is 21.2. The Hall–Kier alpha value is -3.65. The van der Waals surface area contributed by atoms with Crippen LogP contribution in [0.4, 0.5) is 5.69 Å². The van der Waals surface area contributed by atoms with E-state index in [-0.39, 0.29) is 10.8 Å². The lowest BCUT2D eigenvalue weighted by atomic mass is 9.86. The largest absolute Gasteiger partial charge is 0.493 e. The van der Waals surface area contributed by atoms with Gasteiger partial charge in [0.05, 0.1) is 42.8 Å². The molecule has 2 aromatic rings. The number of fused-ring (bicyclic) bond motifs is 3. The van der Waals surface area contributed by atoms with Gasteiger partial charge in [-0.15, -0.1) is 0 Å². The number of ketones is 1. The first-order valence-corrected chi connectivity index (χ1v) is 10.7. The Morgan fingerprint density at radius 3 is 2.45 bits per heavy atom. The number of Topliss-reactive ketones (excluding diaryl/α,β-unsaturated/α-hetero) is 1. The van der Waals surface area contributed by atoms with Crippen LogP contribution in [0.2, 0.25) is 5.02 Å². The van der Waals surface area contributed by atoms with E-state index in [0.717, 1.165) is 4.90 Å². The van der Waals surface area contributed by atoms with Crippen LogP contribution in [0.5, 0.6) is 11.5 Å². The van der Waals surface area contributed by atoms with Gasteiger partial charge < -0.3 is 9.47 Å². The molecule has 2 saturated heterocycles. The van der Waals surface area contributed by atoms with Crippen molar-refractivity contribution in [1.29, 1.82) is 0 Å². The molecule has 9 heteroatoms. The highest BCUT2D eigenvalue weighted by atomic mass is 35.5. The Bertz CT molecular complexity index is 1230. The molecule has 0 aliphatic carbocycles. The van der Waals surface area contributed by atoms with Gasteiger partial charge in [0.15, 0.2) is 17.3 Å². The number of ether oxygens (including phenoxy) is 2. The Morgan fingerprint density at radius 1 is 1.00 bits per heavy atom. The predicted octanol–water partition coefficient (Wildman–Crippen LogP) is 2.95. The van der Waals surface area contributed by atoms with E-state index in [4.69, 9.17) is 21.1 Å². The number of benzene rings is 2. The van der Waals surface area contributed by atoms with Crippen molar-refractivity contribution in [3.8, 4) is 11.5 Å². The third-order valence-electron chi connectivity index (χ3n) is 6.32. The van der Waals surface area contributed by atoms with Crippen molar-refractivity contribution in [2.24, 2.45) is 16.9 Å². The molecule has 3 heterocycles. The molecule has 168 valence electrons. The van der Waals surface area contributed by atoms with Crippen LogP contribution in [-0.4, -0.2) is 55.1 Å². The van der Waals surface area contributed by atoms with Crippen molar-refractivity contribution in [3.63, 3.8) is 0 Å². The number of methoxy groups -OCH3 is 2. The number of imide groups is 1. The Morgan fingerprint density at radius 2 is 1.73 bits per heavy atom. The SMILES string of the molecule is COc1ccc(C(=O)[C@H]2[C@H]3C(=O)N(c4ccccc4Cl)C(=O)[C@@H]3[C@H]3C=CC=NN32)cc1OC. The number of carbonyl (C=O) groups is 3. The molecule has 2 amide bonds. The monoisotopic (exact) mass is 465 g/mol. The lowest BCUT2D eigenvalue weighted by Gasteiger charge is -2.30. The summed E-state index contributed by atoms with van der Waals surface area (Å²) in [6.07, 6.45) is 5.07. The Balaban J connectivity index is 1.58. The molecule has 2 fully saturated rings. The molecular formula is C24H20ClN3O5. The second-order valence-electron chi connectivity index (χ2n) is 7.91. The number of hydrogen-bond acceptors (Lipinski definition) is 7. The Labute approximate surface area is 195 Å². The van der Waals surface area contributed by atoms with Gasteiger partial charge in [-0.2, -0.15) is 5.10 Å². The second-order valence-corrected chi connectivity index (χ2v) is 8.32. The average molecular weight is 466 g/mol. The van der Waals surface area contributed by atoms with Crippen LogP contribution in [-0.2, 0) is 9.59 Å². The molecule has 0 spiro atoms. The fourth-order valence-corrected chi connectivity index (χ4v) is 5.09. The molecule has 33 heavy (non-hydrogen) atoms. The average Bonchev–Trinajstić information content (AvgIpc) is 3.31. The topological polar surface area (TPSA) is 88.5 Å². The highest BCUT2D eigenvalue weighted by molar-refractivity contribution is 6.36. The maximum Gasteiger partial charge on any atom is 0.240 e. The third-order valence-corrected chi connectivity index (χ3v) is 6.64. The summed E-state index contributed by atoms with van der Waals surface area (Å²) in [7, 11) is 2.99. The summed E-state index contributed by atoms with van der Waals surface area (Å²) < 4.78 is 10.6. The summed E-state index contributed by atoms with van der Waals surface area (Å²) in [6.45, 7) is 0. The number of hydrogen-bond donors (Lipinski definition) is 0. The minimum Gasteiger partial charge on any atom is -0.493 e. The second kappa shape index (κ2) is 8.04. The first-order valence-electron chi connectivity index (χ1n) is 10.4. The van der Waals surface area contributed by atoms with E-state index in [1.807, 2.05) is 0 Å². The van der Waals surface area contributed by atoms with Gasteiger partial charge >= 0.3 is 0 Å². The van der Waals surface area contributed by atoms with Crippen LogP contribution in [0.3, 0.4) is 0 Å². The smallest absolute Gasteiger partial charge is 0.240 e. The molecule has 8 nitrogen and oxygen atoms in total. The minimum atomic E-state index is -0.955. The minimum absolute atomic E-state index is 0.288. The van der Waals surface area contributed by atoms with Crippen LogP contribution in [0.25, 0.3) is 0 Å². The van der Waals surface area contributed by atoms with Gasteiger partial charge in [-0.25, -0.2) is 4.90 Å². The Kier molecular flexibility index (Phi) is 5.17.